The second-order valence-corrected chi connectivity index (χ2v) is 5.78. The Hall–Kier alpha value is -0.560. The second kappa shape index (κ2) is 6.93. The molecule has 0 aliphatic carbocycles. The summed E-state index contributed by atoms with van der Waals surface area (Å²) in [6, 6.07) is 0. The van der Waals surface area contributed by atoms with E-state index in [1.807, 2.05) is 4.40 Å². The number of piperidine rings is 1. The van der Waals surface area contributed by atoms with Crippen molar-refractivity contribution < 1.29 is 4.74 Å². The first kappa shape index (κ1) is 15.8. The van der Waals surface area contributed by atoms with Crippen LogP contribution in [-0.4, -0.2) is 34.1 Å². The maximum atomic E-state index is 6.07. The average molecular weight is 382 g/mol. The molecule has 1 aliphatic rings. The number of aromatic nitrogens is 3. The molecule has 20 heavy (non-hydrogen) atoms. The molecular weight excluding hydrogens is 367 g/mol. The zero-order valence-electron chi connectivity index (χ0n) is 10.7. The summed E-state index contributed by atoms with van der Waals surface area (Å²) in [5, 5.41) is 3.75. The largest absolute Gasteiger partial charge is 0.476 e. The van der Waals surface area contributed by atoms with Crippen LogP contribution < -0.4 is 10.1 Å². The van der Waals surface area contributed by atoms with E-state index < -0.39 is 0 Å². The highest BCUT2D eigenvalue weighted by molar-refractivity contribution is 9.10. The van der Waals surface area contributed by atoms with Crippen molar-refractivity contribution in [1.29, 1.82) is 0 Å². The molecule has 1 saturated heterocycles. The normalized spacial score (nSPS) is 18.8. The van der Waals surface area contributed by atoms with Crippen molar-refractivity contribution in [1.82, 2.24) is 19.7 Å². The Kier molecular flexibility index (Phi) is 5.49. The first-order valence-electron chi connectivity index (χ1n) is 6.26. The summed E-state index contributed by atoms with van der Waals surface area (Å²) in [5.74, 6) is 1.07. The van der Waals surface area contributed by atoms with Crippen molar-refractivity contribution in [3.8, 4) is 5.88 Å². The summed E-state index contributed by atoms with van der Waals surface area (Å²) in [5.41, 5.74) is 0.819. The molecular formula is C12H15BrCl2N4O. The highest BCUT2D eigenvalue weighted by Crippen LogP contribution is 2.28. The van der Waals surface area contributed by atoms with Gasteiger partial charge < -0.3 is 10.1 Å². The molecule has 110 valence electrons. The van der Waals surface area contributed by atoms with E-state index in [1.54, 1.807) is 12.5 Å². The van der Waals surface area contributed by atoms with E-state index in [1.165, 1.54) is 12.8 Å². The number of halogens is 3. The minimum absolute atomic E-state index is 0. The third-order valence-electron chi connectivity index (χ3n) is 3.29. The molecule has 3 heterocycles. The van der Waals surface area contributed by atoms with E-state index in [4.69, 9.17) is 16.3 Å². The van der Waals surface area contributed by atoms with Gasteiger partial charge in [-0.2, -0.15) is 4.98 Å². The summed E-state index contributed by atoms with van der Waals surface area (Å²) in [4.78, 5) is 8.37. The molecule has 3 rings (SSSR count). The summed E-state index contributed by atoms with van der Waals surface area (Å²) < 4.78 is 8.35. The van der Waals surface area contributed by atoms with Crippen LogP contribution in [0.2, 0.25) is 5.15 Å². The van der Waals surface area contributed by atoms with Gasteiger partial charge in [0, 0.05) is 12.5 Å². The Labute approximate surface area is 136 Å². The lowest BCUT2D eigenvalue weighted by molar-refractivity contribution is 0.213. The van der Waals surface area contributed by atoms with Gasteiger partial charge in [0.1, 0.15) is 16.4 Å². The molecule has 1 N–H and O–H groups in total. The number of rotatable bonds is 3. The zero-order valence-corrected chi connectivity index (χ0v) is 13.8. The van der Waals surface area contributed by atoms with E-state index in [9.17, 15) is 0 Å². The van der Waals surface area contributed by atoms with E-state index in [-0.39, 0.29) is 12.4 Å². The SMILES string of the molecule is Cl.Clc1nc(OC[C@@H]2CCCNC2)c2cncn2c1Br. The first-order chi connectivity index (χ1) is 9.25. The maximum absolute atomic E-state index is 6.07. The molecule has 0 amide bonds. The number of hydrogen-bond donors (Lipinski definition) is 1. The molecule has 8 heteroatoms. The van der Waals surface area contributed by atoms with Crippen molar-refractivity contribution in [2.75, 3.05) is 19.7 Å². The van der Waals surface area contributed by atoms with Gasteiger partial charge in [0.15, 0.2) is 5.15 Å². The van der Waals surface area contributed by atoms with Crippen LogP contribution in [0.15, 0.2) is 17.1 Å². The van der Waals surface area contributed by atoms with Gasteiger partial charge in [-0.25, -0.2) is 4.98 Å². The molecule has 5 nitrogen and oxygen atoms in total. The molecule has 1 atom stereocenters. The quantitative estimate of drug-likeness (QED) is 0.887. The van der Waals surface area contributed by atoms with Crippen LogP contribution in [0, 0.1) is 5.92 Å². The van der Waals surface area contributed by atoms with Gasteiger partial charge in [0.2, 0.25) is 5.88 Å². The first-order valence-corrected chi connectivity index (χ1v) is 7.43. The number of nitrogens with zero attached hydrogens (tertiary/aromatic N) is 3. The lowest BCUT2D eigenvalue weighted by atomic mass is 10.0. The number of nitrogens with one attached hydrogen (secondary N) is 1. The molecule has 0 radical (unpaired) electrons. The molecule has 0 bridgehead atoms. The average Bonchev–Trinajstić information content (AvgIpc) is 2.92. The van der Waals surface area contributed by atoms with Crippen molar-refractivity contribution in [3.05, 3.63) is 22.3 Å². The van der Waals surface area contributed by atoms with E-state index >= 15 is 0 Å². The monoisotopic (exact) mass is 380 g/mol. The highest BCUT2D eigenvalue weighted by atomic mass is 79.9. The summed E-state index contributed by atoms with van der Waals surface area (Å²) in [7, 11) is 0. The Bertz CT molecular complexity index is 586. The van der Waals surface area contributed by atoms with Crippen LogP contribution in [-0.2, 0) is 0 Å². The van der Waals surface area contributed by atoms with Crippen LogP contribution in [0.5, 0.6) is 5.88 Å². The van der Waals surface area contributed by atoms with E-state index in [0.717, 1.165) is 18.6 Å². The Morgan fingerprint density at radius 2 is 2.40 bits per heavy atom. The van der Waals surface area contributed by atoms with Gasteiger partial charge in [-0.05, 0) is 35.3 Å². The number of imidazole rings is 1. The number of fused-ring (bicyclic) bond motifs is 1. The topological polar surface area (TPSA) is 51.5 Å². The molecule has 1 aliphatic heterocycles. The Morgan fingerprint density at radius 1 is 1.55 bits per heavy atom. The third-order valence-corrected chi connectivity index (χ3v) is 4.54. The molecule has 0 spiro atoms. The third kappa shape index (κ3) is 3.19. The summed E-state index contributed by atoms with van der Waals surface area (Å²) in [6.07, 6.45) is 5.79. The van der Waals surface area contributed by atoms with Gasteiger partial charge in [0.25, 0.3) is 0 Å². The zero-order chi connectivity index (χ0) is 13.2. The smallest absolute Gasteiger partial charge is 0.241 e. The predicted molar refractivity (Wildman–Crippen MR) is 84.0 cm³/mol. The van der Waals surface area contributed by atoms with Crippen LogP contribution in [0.1, 0.15) is 12.8 Å². The predicted octanol–water partition coefficient (Wildman–Crippen LogP) is 2.95. The van der Waals surface area contributed by atoms with Crippen LogP contribution in [0.4, 0.5) is 0 Å². The van der Waals surface area contributed by atoms with Crippen LogP contribution in [0.3, 0.4) is 0 Å². The Morgan fingerprint density at radius 3 is 3.15 bits per heavy atom. The fourth-order valence-corrected chi connectivity index (χ4v) is 2.81. The molecule has 2 aromatic rings. The summed E-state index contributed by atoms with van der Waals surface area (Å²) >= 11 is 9.46. The second-order valence-electron chi connectivity index (χ2n) is 4.67. The maximum Gasteiger partial charge on any atom is 0.241 e. The lowest BCUT2D eigenvalue weighted by Crippen LogP contribution is -2.33. The minimum Gasteiger partial charge on any atom is -0.476 e. The van der Waals surface area contributed by atoms with Gasteiger partial charge in [-0.3, -0.25) is 4.40 Å². The van der Waals surface area contributed by atoms with Crippen LogP contribution in [0.25, 0.3) is 5.52 Å². The molecule has 2 aromatic heterocycles. The van der Waals surface area contributed by atoms with E-state index in [0.29, 0.717) is 28.2 Å². The Balaban J connectivity index is 0.00000147. The molecule has 1 fully saturated rings. The van der Waals surface area contributed by atoms with Crippen molar-refractivity contribution in [2.45, 2.75) is 12.8 Å². The molecule has 0 saturated carbocycles. The fraction of sp³-hybridized carbons (Fsp3) is 0.500. The van der Waals surface area contributed by atoms with E-state index in [2.05, 4.69) is 31.2 Å². The lowest BCUT2D eigenvalue weighted by Gasteiger charge is -2.22. The minimum atomic E-state index is 0. The van der Waals surface area contributed by atoms with Gasteiger partial charge >= 0.3 is 0 Å². The molecule has 0 aromatic carbocycles. The van der Waals surface area contributed by atoms with Crippen molar-refractivity contribution >= 4 is 45.5 Å². The number of ether oxygens (including phenoxy) is 1. The van der Waals surface area contributed by atoms with Gasteiger partial charge in [-0.1, -0.05) is 11.6 Å². The highest BCUT2D eigenvalue weighted by Gasteiger charge is 2.16. The van der Waals surface area contributed by atoms with Crippen molar-refractivity contribution in [3.63, 3.8) is 0 Å². The van der Waals surface area contributed by atoms with Crippen molar-refractivity contribution in [2.24, 2.45) is 5.92 Å². The number of hydrogen-bond acceptors (Lipinski definition) is 4. The van der Waals surface area contributed by atoms with Gasteiger partial charge in [-0.15, -0.1) is 12.4 Å². The van der Waals surface area contributed by atoms with Crippen LogP contribution >= 0.6 is 39.9 Å². The molecule has 0 unspecified atom stereocenters. The summed E-state index contributed by atoms with van der Waals surface area (Å²) in [6.45, 7) is 2.75. The fourth-order valence-electron chi connectivity index (χ4n) is 2.27. The standard InChI is InChI=1S/C12H14BrClN4O.ClH/c13-10-11(14)17-12(9-5-16-7-18(9)10)19-6-8-2-1-3-15-4-8;/h5,7-8,15H,1-4,6H2;1H/t8-;/m1./s1. The van der Waals surface area contributed by atoms with Gasteiger partial charge in [0.05, 0.1) is 12.8 Å².